The fraction of sp³-hybridized carbons (Fsp3) is 0.280. The summed E-state index contributed by atoms with van der Waals surface area (Å²) in [7, 11) is 1.41. The van der Waals surface area contributed by atoms with Crippen LogP contribution in [0.3, 0.4) is 0 Å². The van der Waals surface area contributed by atoms with Crippen LogP contribution in [0.2, 0.25) is 5.02 Å². The number of nitrogens with zero attached hydrogens (tertiary/aromatic N) is 2. The third kappa shape index (κ3) is 4.47. The van der Waals surface area contributed by atoms with Crippen molar-refractivity contribution >= 4 is 28.6 Å². The monoisotopic (exact) mass is 504 g/mol. The number of pyridine rings is 1. The summed E-state index contributed by atoms with van der Waals surface area (Å²) >= 11 is 6.72. The molecular formula is C25H20ClF3N2O4. The van der Waals surface area contributed by atoms with E-state index in [4.69, 9.17) is 27.9 Å². The Hall–Kier alpha value is -3.48. The van der Waals surface area contributed by atoms with Gasteiger partial charge in [-0.05, 0) is 35.4 Å². The quantitative estimate of drug-likeness (QED) is 0.481. The Balaban J connectivity index is 1.72. The van der Waals surface area contributed by atoms with Crippen LogP contribution in [0.4, 0.5) is 18.0 Å². The number of methoxy groups -OCH3 is 1. The highest BCUT2D eigenvalue weighted by Crippen LogP contribution is 2.40. The van der Waals surface area contributed by atoms with Crippen molar-refractivity contribution < 1.29 is 32.9 Å². The molecule has 0 aliphatic carbocycles. The van der Waals surface area contributed by atoms with Gasteiger partial charge in [-0.15, -0.1) is 6.42 Å². The lowest BCUT2D eigenvalue weighted by atomic mass is 9.77. The van der Waals surface area contributed by atoms with Gasteiger partial charge < -0.3 is 19.8 Å². The molecule has 1 saturated heterocycles. The first-order valence-electron chi connectivity index (χ1n) is 10.5. The summed E-state index contributed by atoms with van der Waals surface area (Å²) in [4.78, 5) is 16.7. The number of hydrogen-bond donors (Lipinski definition) is 2. The van der Waals surface area contributed by atoms with Crippen LogP contribution in [-0.2, 0) is 18.2 Å². The van der Waals surface area contributed by atoms with E-state index in [1.807, 2.05) is 0 Å². The predicted octanol–water partition coefficient (Wildman–Crippen LogP) is 4.94. The number of fused-ring (bicyclic) bond motifs is 1. The number of carboxylic acid groups (broad SMARTS) is 1. The van der Waals surface area contributed by atoms with Gasteiger partial charge in [0, 0.05) is 36.4 Å². The molecule has 1 atom stereocenters. The summed E-state index contributed by atoms with van der Waals surface area (Å²) in [6.07, 6.45) is 0.283. The average Bonchev–Trinajstić information content (AvgIpc) is 2.78. The van der Waals surface area contributed by atoms with Gasteiger partial charge in [-0.25, -0.2) is 9.78 Å². The number of aromatic nitrogens is 1. The molecule has 1 aliphatic rings. The van der Waals surface area contributed by atoms with Gasteiger partial charge in [0.1, 0.15) is 0 Å². The van der Waals surface area contributed by atoms with E-state index in [-0.39, 0.29) is 30.4 Å². The lowest BCUT2D eigenvalue weighted by Crippen LogP contribution is -2.57. The van der Waals surface area contributed by atoms with E-state index in [1.54, 1.807) is 18.2 Å². The Labute approximate surface area is 203 Å². The molecule has 10 heteroatoms. The largest absolute Gasteiger partial charge is 0.481 e. The van der Waals surface area contributed by atoms with Crippen molar-refractivity contribution in [1.29, 1.82) is 0 Å². The Kier molecular flexibility index (Phi) is 6.30. The van der Waals surface area contributed by atoms with E-state index in [1.165, 1.54) is 19.2 Å². The van der Waals surface area contributed by atoms with Crippen LogP contribution < -0.4 is 4.74 Å². The molecule has 1 fully saturated rings. The van der Waals surface area contributed by atoms with Gasteiger partial charge in [0.05, 0.1) is 23.2 Å². The first kappa shape index (κ1) is 24.6. The normalized spacial score (nSPS) is 15.9. The van der Waals surface area contributed by atoms with E-state index in [2.05, 4.69) is 10.9 Å². The van der Waals surface area contributed by atoms with Crippen molar-refractivity contribution in [2.75, 3.05) is 20.2 Å². The summed E-state index contributed by atoms with van der Waals surface area (Å²) in [6, 6.07) is 9.54. The Morgan fingerprint density at radius 1 is 1.23 bits per heavy atom. The SMILES string of the molecule is C#CC(O)(c1ccc2nc(OC)c(Cc3ccc(C(F)(F)F)cc3)c(Cl)c2c1)C1CN(C(=O)O)C1. The summed E-state index contributed by atoms with van der Waals surface area (Å²) in [5.41, 5.74) is -0.630. The fourth-order valence-corrected chi connectivity index (χ4v) is 4.45. The fourth-order valence-electron chi connectivity index (χ4n) is 4.15. The molecule has 1 aliphatic heterocycles. The minimum Gasteiger partial charge on any atom is -0.481 e. The third-order valence-electron chi connectivity index (χ3n) is 6.24. The number of halogens is 4. The molecule has 1 aromatic heterocycles. The van der Waals surface area contributed by atoms with Crippen molar-refractivity contribution in [3.05, 3.63) is 69.7 Å². The summed E-state index contributed by atoms with van der Waals surface area (Å²) < 4.78 is 44.1. The Bertz CT molecular complexity index is 1330. The lowest BCUT2D eigenvalue weighted by molar-refractivity contribution is -0.137. The Morgan fingerprint density at radius 3 is 2.40 bits per heavy atom. The van der Waals surface area contributed by atoms with E-state index in [0.29, 0.717) is 27.6 Å². The summed E-state index contributed by atoms with van der Waals surface area (Å²) in [5.74, 6) is 2.11. The molecule has 0 radical (unpaired) electrons. The maximum Gasteiger partial charge on any atom is 0.416 e. The maximum atomic E-state index is 12.9. The molecule has 0 bridgehead atoms. The van der Waals surface area contributed by atoms with Crippen LogP contribution in [-0.4, -0.2) is 46.4 Å². The van der Waals surface area contributed by atoms with E-state index < -0.39 is 29.4 Å². The lowest BCUT2D eigenvalue weighted by Gasteiger charge is -2.44. The molecule has 6 nitrogen and oxygen atoms in total. The number of rotatable bonds is 5. The highest BCUT2D eigenvalue weighted by molar-refractivity contribution is 6.36. The Morgan fingerprint density at radius 2 is 1.86 bits per heavy atom. The summed E-state index contributed by atoms with van der Waals surface area (Å²) in [5, 5.41) is 21.0. The van der Waals surface area contributed by atoms with Crippen LogP contribution in [0, 0.1) is 18.3 Å². The molecule has 3 aromatic rings. The van der Waals surface area contributed by atoms with E-state index >= 15 is 0 Å². The van der Waals surface area contributed by atoms with Gasteiger partial charge in [-0.2, -0.15) is 13.2 Å². The van der Waals surface area contributed by atoms with E-state index in [0.717, 1.165) is 17.0 Å². The highest BCUT2D eigenvalue weighted by Gasteiger charge is 2.46. The number of amides is 1. The second-order valence-corrected chi connectivity index (χ2v) is 8.69. The van der Waals surface area contributed by atoms with Crippen LogP contribution in [0.1, 0.15) is 22.3 Å². The molecule has 2 heterocycles. The zero-order chi connectivity index (χ0) is 25.5. The minimum atomic E-state index is -4.44. The zero-order valence-electron chi connectivity index (χ0n) is 18.4. The van der Waals surface area contributed by atoms with Gasteiger partial charge in [-0.1, -0.05) is 35.7 Å². The first-order valence-corrected chi connectivity index (χ1v) is 10.9. The number of alkyl halides is 3. The maximum absolute atomic E-state index is 12.9. The number of benzene rings is 2. The standard InChI is InChI=1S/C25H20ClF3N2O4/c1-3-24(34,17-12-31(13-17)23(32)33)16-8-9-20-18(11-16)21(26)19(22(30-20)35-2)10-14-4-6-15(7-5-14)25(27,28)29/h1,4-9,11,17,34H,10,12-13H2,2H3,(H,32,33). The molecule has 0 spiro atoms. The van der Waals surface area contributed by atoms with Gasteiger partial charge in [0.2, 0.25) is 5.88 Å². The van der Waals surface area contributed by atoms with E-state index in [9.17, 15) is 23.1 Å². The van der Waals surface area contributed by atoms with Crippen molar-refractivity contribution in [3.8, 4) is 18.2 Å². The van der Waals surface area contributed by atoms with Crippen LogP contribution >= 0.6 is 11.6 Å². The van der Waals surface area contributed by atoms with Crippen molar-refractivity contribution in [2.45, 2.75) is 18.2 Å². The highest BCUT2D eigenvalue weighted by atomic mass is 35.5. The molecule has 1 amide bonds. The molecule has 35 heavy (non-hydrogen) atoms. The molecular weight excluding hydrogens is 485 g/mol. The van der Waals surface area contributed by atoms with Crippen LogP contribution in [0.5, 0.6) is 5.88 Å². The van der Waals surface area contributed by atoms with Gasteiger partial charge in [0.15, 0.2) is 5.60 Å². The summed E-state index contributed by atoms with van der Waals surface area (Å²) in [6.45, 7) is 0.170. The van der Waals surface area contributed by atoms with Crippen molar-refractivity contribution in [3.63, 3.8) is 0 Å². The van der Waals surface area contributed by atoms with Crippen LogP contribution in [0.25, 0.3) is 10.9 Å². The molecule has 2 aromatic carbocycles. The first-order chi connectivity index (χ1) is 16.5. The third-order valence-corrected chi connectivity index (χ3v) is 6.67. The minimum absolute atomic E-state index is 0.0852. The zero-order valence-corrected chi connectivity index (χ0v) is 19.2. The van der Waals surface area contributed by atoms with Gasteiger partial charge in [-0.3, -0.25) is 0 Å². The number of hydrogen-bond acceptors (Lipinski definition) is 4. The number of aliphatic hydroxyl groups is 1. The van der Waals surface area contributed by atoms with Crippen molar-refractivity contribution in [2.24, 2.45) is 5.92 Å². The molecule has 182 valence electrons. The molecule has 0 saturated carbocycles. The topological polar surface area (TPSA) is 82.9 Å². The predicted molar refractivity (Wildman–Crippen MR) is 123 cm³/mol. The van der Waals surface area contributed by atoms with Crippen molar-refractivity contribution in [1.82, 2.24) is 9.88 Å². The number of carbonyl (C=O) groups is 1. The molecule has 4 rings (SSSR count). The number of likely N-dealkylation sites (tertiary alicyclic amines) is 1. The molecule has 2 N–H and O–H groups in total. The van der Waals surface area contributed by atoms with Gasteiger partial charge >= 0.3 is 12.3 Å². The number of ether oxygens (including phenoxy) is 1. The smallest absolute Gasteiger partial charge is 0.416 e. The molecule has 1 unspecified atom stereocenters. The average molecular weight is 505 g/mol. The number of terminal acetylenes is 1. The van der Waals surface area contributed by atoms with Gasteiger partial charge in [0.25, 0.3) is 0 Å². The second-order valence-electron chi connectivity index (χ2n) is 8.31. The second kappa shape index (κ2) is 8.95. The van der Waals surface area contributed by atoms with Crippen LogP contribution in [0.15, 0.2) is 42.5 Å².